The van der Waals surface area contributed by atoms with E-state index in [0.29, 0.717) is 11.5 Å². The van der Waals surface area contributed by atoms with Gasteiger partial charge in [-0.05, 0) is 38.0 Å². The zero-order valence-electron chi connectivity index (χ0n) is 14.0. The van der Waals surface area contributed by atoms with Crippen molar-refractivity contribution in [3.8, 4) is 17.7 Å². The molecule has 6 heteroatoms. The summed E-state index contributed by atoms with van der Waals surface area (Å²) in [6.45, 7) is 5.99. The average Bonchev–Trinajstić information content (AvgIpc) is 2.96. The molecule has 0 radical (unpaired) electrons. The molecule has 0 amide bonds. The highest BCUT2D eigenvalue weighted by atomic mass is 16.5. The molecular weight excluding hydrogens is 304 g/mol. The Labute approximate surface area is 140 Å². The summed E-state index contributed by atoms with van der Waals surface area (Å²) < 4.78 is 11.2. The number of hydrogen-bond donors (Lipinski definition) is 2. The van der Waals surface area contributed by atoms with Crippen LogP contribution >= 0.6 is 0 Å². The molecule has 124 valence electrons. The molecule has 1 aromatic heterocycles. The van der Waals surface area contributed by atoms with Crippen LogP contribution in [0.25, 0.3) is 0 Å². The molecule has 1 aliphatic heterocycles. The quantitative estimate of drug-likeness (QED) is 0.901. The van der Waals surface area contributed by atoms with E-state index in [1.807, 2.05) is 45.0 Å². The number of aromatic amines is 1. The molecule has 0 unspecified atom stereocenters. The van der Waals surface area contributed by atoms with E-state index in [1.165, 1.54) is 0 Å². The van der Waals surface area contributed by atoms with Crippen LogP contribution in [0, 0.1) is 11.3 Å². The Morgan fingerprint density at radius 1 is 1.38 bits per heavy atom. The van der Waals surface area contributed by atoms with Crippen molar-refractivity contribution < 1.29 is 9.47 Å². The SMILES string of the molecule is CCc1[nH]nc2c1[C@H](c1ccc(OC(C)C)cc1)C(C#N)=C(N)O2. The first-order chi connectivity index (χ1) is 11.5. The highest BCUT2D eigenvalue weighted by molar-refractivity contribution is 5.55. The molecular formula is C18H20N4O2. The van der Waals surface area contributed by atoms with Crippen molar-refractivity contribution in [3.05, 3.63) is 52.5 Å². The summed E-state index contributed by atoms with van der Waals surface area (Å²) in [4.78, 5) is 0. The van der Waals surface area contributed by atoms with Crippen molar-refractivity contribution in [2.24, 2.45) is 5.73 Å². The number of aryl methyl sites for hydroxylation is 1. The number of allylic oxidation sites excluding steroid dienone is 1. The van der Waals surface area contributed by atoms with Gasteiger partial charge in [0.05, 0.1) is 12.0 Å². The minimum absolute atomic E-state index is 0.103. The fourth-order valence-electron chi connectivity index (χ4n) is 2.92. The Morgan fingerprint density at radius 3 is 2.67 bits per heavy atom. The summed E-state index contributed by atoms with van der Waals surface area (Å²) in [5.41, 5.74) is 9.10. The average molecular weight is 324 g/mol. The first-order valence-electron chi connectivity index (χ1n) is 7.96. The molecule has 2 aromatic rings. The molecule has 1 atom stereocenters. The molecule has 0 fully saturated rings. The van der Waals surface area contributed by atoms with Crippen molar-refractivity contribution >= 4 is 0 Å². The standard InChI is InChI=1S/C18H20N4O2/c1-4-14-16-15(11-5-7-12(8-6-11)23-10(2)3)13(9-19)17(20)24-18(16)22-21-14/h5-8,10,15H,4,20H2,1-3H3,(H,21,22)/t15-/m1/s1. The van der Waals surface area contributed by atoms with Gasteiger partial charge in [-0.1, -0.05) is 19.1 Å². The molecule has 0 aliphatic carbocycles. The van der Waals surface area contributed by atoms with E-state index in [-0.39, 0.29) is 17.9 Å². The van der Waals surface area contributed by atoms with E-state index in [4.69, 9.17) is 15.2 Å². The second-order valence-electron chi connectivity index (χ2n) is 5.93. The number of fused-ring (bicyclic) bond motifs is 1. The monoisotopic (exact) mass is 324 g/mol. The van der Waals surface area contributed by atoms with Crippen LogP contribution in [0.2, 0.25) is 0 Å². The van der Waals surface area contributed by atoms with Crippen LogP contribution in [0.3, 0.4) is 0 Å². The Hall–Kier alpha value is -2.94. The minimum Gasteiger partial charge on any atom is -0.491 e. The molecule has 0 bridgehead atoms. The number of nitriles is 1. The largest absolute Gasteiger partial charge is 0.491 e. The van der Waals surface area contributed by atoms with Gasteiger partial charge in [-0.15, -0.1) is 5.10 Å². The number of nitrogens with two attached hydrogens (primary N) is 1. The summed E-state index contributed by atoms with van der Waals surface area (Å²) in [6, 6.07) is 9.90. The van der Waals surface area contributed by atoms with Gasteiger partial charge in [0.1, 0.15) is 17.4 Å². The van der Waals surface area contributed by atoms with Crippen molar-refractivity contribution in [1.29, 1.82) is 5.26 Å². The molecule has 3 N–H and O–H groups in total. The topological polar surface area (TPSA) is 97.0 Å². The zero-order chi connectivity index (χ0) is 17.3. The van der Waals surface area contributed by atoms with Gasteiger partial charge in [0.2, 0.25) is 11.8 Å². The minimum atomic E-state index is -0.291. The van der Waals surface area contributed by atoms with E-state index in [1.54, 1.807) is 0 Å². The van der Waals surface area contributed by atoms with Gasteiger partial charge in [0.15, 0.2) is 0 Å². The Balaban J connectivity index is 2.07. The number of rotatable bonds is 4. The fraction of sp³-hybridized carbons (Fsp3) is 0.333. The maximum atomic E-state index is 9.57. The Kier molecular flexibility index (Phi) is 4.17. The fourth-order valence-corrected chi connectivity index (χ4v) is 2.92. The summed E-state index contributed by atoms with van der Waals surface area (Å²) >= 11 is 0. The van der Waals surface area contributed by atoms with Gasteiger partial charge in [-0.2, -0.15) is 5.26 Å². The molecule has 24 heavy (non-hydrogen) atoms. The first kappa shape index (κ1) is 15.9. The maximum Gasteiger partial charge on any atom is 0.244 e. The van der Waals surface area contributed by atoms with Gasteiger partial charge in [-0.3, -0.25) is 5.10 Å². The van der Waals surface area contributed by atoms with Crippen molar-refractivity contribution in [1.82, 2.24) is 10.2 Å². The Bertz CT molecular complexity index is 813. The lowest BCUT2D eigenvalue weighted by Gasteiger charge is -2.24. The number of H-pyrrole nitrogens is 1. The van der Waals surface area contributed by atoms with Crippen LogP contribution in [-0.4, -0.2) is 16.3 Å². The lowest BCUT2D eigenvalue weighted by Crippen LogP contribution is -2.21. The molecule has 3 rings (SSSR count). The third-order valence-electron chi connectivity index (χ3n) is 3.96. The van der Waals surface area contributed by atoms with Gasteiger partial charge in [0, 0.05) is 11.3 Å². The van der Waals surface area contributed by atoms with Crippen molar-refractivity contribution in [2.75, 3.05) is 0 Å². The smallest absolute Gasteiger partial charge is 0.244 e. The number of aromatic nitrogens is 2. The van der Waals surface area contributed by atoms with Gasteiger partial charge in [0.25, 0.3) is 0 Å². The summed E-state index contributed by atoms with van der Waals surface area (Å²) in [7, 11) is 0. The lowest BCUT2D eigenvalue weighted by atomic mass is 9.83. The molecule has 1 aliphatic rings. The van der Waals surface area contributed by atoms with E-state index >= 15 is 0 Å². The molecule has 0 saturated carbocycles. The van der Waals surface area contributed by atoms with E-state index < -0.39 is 0 Å². The van der Waals surface area contributed by atoms with Crippen molar-refractivity contribution in [2.45, 2.75) is 39.2 Å². The van der Waals surface area contributed by atoms with E-state index in [0.717, 1.165) is 29.0 Å². The first-order valence-corrected chi connectivity index (χ1v) is 7.96. The third-order valence-corrected chi connectivity index (χ3v) is 3.96. The van der Waals surface area contributed by atoms with Gasteiger partial charge in [-0.25, -0.2) is 0 Å². The van der Waals surface area contributed by atoms with E-state index in [9.17, 15) is 5.26 Å². The van der Waals surface area contributed by atoms with Crippen molar-refractivity contribution in [3.63, 3.8) is 0 Å². The summed E-state index contributed by atoms with van der Waals surface area (Å²) in [6.07, 6.45) is 0.867. The highest BCUT2D eigenvalue weighted by Crippen LogP contribution is 2.43. The number of benzene rings is 1. The number of nitrogens with zero attached hydrogens (tertiary/aromatic N) is 2. The van der Waals surface area contributed by atoms with Crippen LogP contribution in [0.5, 0.6) is 11.6 Å². The molecule has 6 nitrogen and oxygen atoms in total. The van der Waals surface area contributed by atoms with Crippen LogP contribution in [0.4, 0.5) is 0 Å². The molecule has 0 saturated heterocycles. The van der Waals surface area contributed by atoms with Gasteiger partial charge < -0.3 is 15.2 Å². The predicted molar refractivity (Wildman–Crippen MR) is 89.5 cm³/mol. The second-order valence-corrected chi connectivity index (χ2v) is 5.93. The third kappa shape index (κ3) is 2.69. The molecule has 2 heterocycles. The van der Waals surface area contributed by atoms with E-state index in [2.05, 4.69) is 16.3 Å². The predicted octanol–water partition coefficient (Wildman–Crippen LogP) is 2.98. The molecule has 0 spiro atoms. The maximum absolute atomic E-state index is 9.57. The highest BCUT2D eigenvalue weighted by Gasteiger charge is 2.34. The van der Waals surface area contributed by atoms with Crippen LogP contribution < -0.4 is 15.2 Å². The summed E-state index contributed by atoms with van der Waals surface area (Å²) in [5.74, 6) is 1.04. The van der Waals surface area contributed by atoms with Crippen LogP contribution in [0.1, 0.15) is 43.5 Å². The second kappa shape index (κ2) is 6.28. The number of ether oxygens (including phenoxy) is 2. The van der Waals surface area contributed by atoms with Crippen LogP contribution in [-0.2, 0) is 6.42 Å². The molecule has 1 aromatic carbocycles. The summed E-state index contributed by atoms with van der Waals surface area (Å²) in [5, 5.41) is 16.7. The lowest BCUT2D eigenvalue weighted by molar-refractivity contribution is 0.242. The normalized spacial score (nSPS) is 16.5. The Morgan fingerprint density at radius 2 is 2.08 bits per heavy atom. The number of nitrogens with one attached hydrogen (secondary N) is 1. The number of hydrogen-bond acceptors (Lipinski definition) is 5. The van der Waals surface area contributed by atoms with Crippen LogP contribution in [0.15, 0.2) is 35.7 Å². The van der Waals surface area contributed by atoms with Gasteiger partial charge >= 0.3 is 0 Å². The zero-order valence-corrected chi connectivity index (χ0v) is 14.0.